The van der Waals surface area contributed by atoms with Crippen LogP contribution in [0.2, 0.25) is 0 Å². The van der Waals surface area contributed by atoms with Gasteiger partial charge in [0.1, 0.15) is 0 Å². The Labute approximate surface area is 120 Å². The van der Waals surface area contributed by atoms with E-state index in [9.17, 15) is 9.90 Å². The van der Waals surface area contributed by atoms with Crippen LogP contribution in [0.1, 0.15) is 37.4 Å². The predicted molar refractivity (Wildman–Crippen MR) is 79.3 cm³/mol. The van der Waals surface area contributed by atoms with E-state index in [0.717, 1.165) is 31.5 Å². The molecule has 0 radical (unpaired) electrons. The van der Waals surface area contributed by atoms with Crippen molar-refractivity contribution in [3.05, 3.63) is 35.9 Å². The van der Waals surface area contributed by atoms with Crippen LogP contribution in [0.3, 0.4) is 0 Å². The first-order valence-electron chi connectivity index (χ1n) is 7.49. The van der Waals surface area contributed by atoms with Crippen LogP contribution < -0.4 is 5.32 Å². The second-order valence-electron chi connectivity index (χ2n) is 5.32. The number of aliphatic hydroxyl groups is 1. The van der Waals surface area contributed by atoms with Crippen LogP contribution in [0.4, 0.5) is 0 Å². The average Bonchev–Trinajstić information content (AvgIpc) is 2.53. The summed E-state index contributed by atoms with van der Waals surface area (Å²) in [7, 11) is 0. The molecular weight excluding hydrogens is 252 g/mol. The predicted octanol–water partition coefficient (Wildman–Crippen LogP) is 1.71. The van der Waals surface area contributed by atoms with E-state index in [1.54, 1.807) is 0 Å². The molecule has 110 valence electrons. The van der Waals surface area contributed by atoms with Gasteiger partial charge in [0.25, 0.3) is 0 Å². The SMILES string of the molecule is O=C(CCNCC(O)c1ccccc1)N1CCCCC1. The lowest BCUT2D eigenvalue weighted by molar-refractivity contribution is -0.132. The minimum absolute atomic E-state index is 0.228. The molecule has 1 aliphatic rings. The van der Waals surface area contributed by atoms with Gasteiger partial charge in [-0.1, -0.05) is 30.3 Å². The van der Waals surface area contributed by atoms with Gasteiger partial charge in [-0.2, -0.15) is 0 Å². The maximum absolute atomic E-state index is 11.9. The molecule has 1 heterocycles. The summed E-state index contributed by atoms with van der Waals surface area (Å²) in [6, 6.07) is 9.58. The molecule has 2 N–H and O–H groups in total. The molecule has 1 aromatic carbocycles. The van der Waals surface area contributed by atoms with Crippen molar-refractivity contribution in [1.82, 2.24) is 10.2 Å². The van der Waals surface area contributed by atoms with Gasteiger partial charge in [0, 0.05) is 32.6 Å². The monoisotopic (exact) mass is 276 g/mol. The van der Waals surface area contributed by atoms with Crippen molar-refractivity contribution in [3.63, 3.8) is 0 Å². The zero-order chi connectivity index (χ0) is 14.2. The molecule has 1 atom stereocenters. The molecule has 1 saturated heterocycles. The number of rotatable bonds is 6. The fourth-order valence-corrected chi connectivity index (χ4v) is 2.53. The Morgan fingerprint density at radius 3 is 2.60 bits per heavy atom. The van der Waals surface area contributed by atoms with Gasteiger partial charge in [-0.15, -0.1) is 0 Å². The smallest absolute Gasteiger partial charge is 0.223 e. The van der Waals surface area contributed by atoms with Crippen LogP contribution in [0, 0.1) is 0 Å². The Morgan fingerprint density at radius 2 is 1.90 bits per heavy atom. The Morgan fingerprint density at radius 1 is 1.20 bits per heavy atom. The molecule has 1 amide bonds. The maximum atomic E-state index is 11.9. The lowest BCUT2D eigenvalue weighted by Gasteiger charge is -2.26. The maximum Gasteiger partial charge on any atom is 0.223 e. The molecule has 1 aliphatic heterocycles. The third-order valence-electron chi connectivity index (χ3n) is 3.75. The van der Waals surface area contributed by atoms with Gasteiger partial charge >= 0.3 is 0 Å². The number of carbonyl (C=O) groups excluding carboxylic acids is 1. The summed E-state index contributed by atoms with van der Waals surface area (Å²) in [6.45, 7) is 2.92. The molecule has 4 heteroatoms. The van der Waals surface area contributed by atoms with E-state index >= 15 is 0 Å². The van der Waals surface area contributed by atoms with Gasteiger partial charge in [-0.3, -0.25) is 4.79 Å². The summed E-state index contributed by atoms with van der Waals surface area (Å²) in [5, 5.41) is 13.1. The summed E-state index contributed by atoms with van der Waals surface area (Å²) in [6.07, 6.45) is 3.51. The minimum atomic E-state index is -0.513. The molecular formula is C16H24N2O2. The van der Waals surface area contributed by atoms with Crippen molar-refractivity contribution >= 4 is 5.91 Å². The first-order chi connectivity index (χ1) is 9.77. The zero-order valence-electron chi connectivity index (χ0n) is 11.9. The number of amides is 1. The van der Waals surface area contributed by atoms with Crippen LogP contribution in [0.5, 0.6) is 0 Å². The van der Waals surface area contributed by atoms with Crippen molar-refractivity contribution in [2.75, 3.05) is 26.2 Å². The van der Waals surface area contributed by atoms with Gasteiger partial charge in [0.2, 0.25) is 5.91 Å². The number of hydrogen-bond acceptors (Lipinski definition) is 3. The number of piperidine rings is 1. The summed E-state index contributed by atoms with van der Waals surface area (Å²) >= 11 is 0. The summed E-state index contributed by atoms with van der Waals surface area (Å²) < 4.78 is 0. The Kier molecular flexibility index (Phi) is 6.02. The summed E-state index contributed by atoms with van der Waals surface area (Å²) in [5.41, 5.74) is 0.905. The van der Waals surface area contributed by atoms with E-state index in [1.165, 1.54) is 6.42 Å². The quantitative estimate of drug-likeness (QED) is 0.778. The molecule has 1 unspecified atom stereocenters. The van der Waals surface area contributed by atoms with Crippen LogP contribution in [0.15, 0.2) is 30.3 Å². The van der Waals surface area contributed by atoms with E-state index in [1.807, 2.05) is 35.2 Å². The molecule has 0 aromatic heterocycles. The van der Waals surface area contributed by atoms with Crippen molar-refractivity contribution < 1.29 is 9.90 Å². The number of nitrogens with zero attached hydrogens (tertiary/aromatic N) is 1. The highest BCUT2D eigenvalue weighted by atomic mass is 16.3. The second-order valence-corrected chi connectivity index (χ2v) is 5.32. The molecule has 4 nitrogen and oxygen atoms in total. The fraction of sp³-hybridized carbons (Fsp3) is 0.562. The lowest BCUT2D eigenvalue weighted by Crippen LogP contribution is -2.37. The molecule has 1 aromatic rings. The average molecular weight is 276 g/mol. The number of hydrogen-bond donors (Lipinski definition) is 2. The normalized spacial score (nSPS) is 16.9. The van der Waals surface area contributed by atoms with Gasteiger partial charge in [0.15, 0.2) is 0 Å². The number of aliphatic hydroxyl groups excluding tert-OH is 1. The van der Waals surface area contributed by atoms with Crippen molar-refractivity contribution in [1.29, 1.82) is 0 Å². The highest BCUT2D eigenvalue weighted by Crippen LogP contribution is 2.11. The zero-order valence-corrected chi connectivity index (χ0v) is 11.9. The first kappa shape index (κ1) is 15.0. The number of likely N-dealkylation sites (tertiary alicyclic amines) is 1. The van der Waals surface area contributed by atoms with E-state index in [0.29, 0.717) is 19.5 Å². The Bertz CT molecular complexity index is 402. The highest BCUT2D eigenvalue weighted by molar-refractivity contribution is 5.76. The van der Waals surface area contributed by atoms with Gasteiger partial charge in [0.05, 0.1) is 6.10 Å². The molecule has 1 fully saturated rings. The third-order valence-corrected chi connectivity index (χ3v) is 3.75. The van der Waals surface area contributed by atoms with Crippen LogP contribution in [-0.2, 0) is 4.79 Å². The standard InChI is InChI=1S/C16H24N2O2/c19-15(14-7-3-1-4-8-14)13-17-10-9-16(20)18-11-5-2-6-12-18/h1,3-4,7-8,15,17,19H,2,5-6,9-13H2. The lowest BCUT2D eigenvalue weighted by atomic mass is 10.1. The first-order valence-corrected chi connectivity index (χ1v) is 7.49. The molecule has 0 aliphatic carbocycles. The number of nitrogens with one attached hydrogen (secondary N) is 1. The van der Waals surface area contributed by atoms with E-state index < -0.39 is 6.10 Å². The van der Waals surface area contributed by atoms with Crippen LogP contribution in [0.25, 0.3) is 0 Å². The van der Waals surface area contributed by atoms with E-state index in [2.05, 4.69) is 5.32 Å². The summed E-state index contributed by atoms with van der Waals surface area (Å²) in [5.74, 6) is 0.228. The van der Waals surface area contributed by atoms with Gasteiger partial charge in [-0.05, 0) is 24.8 Å². The van der Waals surface area contributed by atoms with Crippen molar-refractivity contribution in [2.45, 2.75) is 31.8 Å². The van der Waals surface area contributed by atoms with Crippen molar-refractivity contribution in [2.24, 2.45) is 0 Å². The number of benzene rings is 1. The number of carbonyl (C=O) groups is 1. The minimum Gasteiger partial charge on any atom is -0.387 e. The van der Waals surface area contributed by atoms with E-state index in [-0.39, 0.29) is 5.91 Å². The van der Waals surface area contributed by atoms with Gasteiger partial charge < -0.3 is 15.3 Å². The topological polar surface area (TPSA) is 52.6 Å². The van der Waals surface area contributed by atoms with Gasteiger partial charge in [-0.25, -0.2) is 0 Å². The largest absolute Gasteiger partial charge is 0.387 e. The third kappa shape index (κ3) is 4.62. The molecule has 2 rings (SSSR count). The van der Waals surface area contributed by atoms with Crippen molar-refractivity contribution in [3.8, 4) is 0 Å². The fourth-order valence-electron chi connectivity index (χ4n) is 2.53. The Hall–Kier alpha value is -1.39. The highest BCUT2D eigenvalue weighted by Gasteiger charge is 2.15. The Balaban J connectivity index is 1.62. The second kappa shape index (κ2) is 8.02. The molecule has 0 bridgehead atoms. The molecule has 0 spiro atoms. The molecule has 0 saturated carbocycles. The van der Waals surface area contributed by atoms with Crippen LogP contribution >= 0.6 is 0 Å². The summed E-state index contributed by atoms with van der Waals surface area (Å²) in [4.78, 5) is 13.9. The molecule has 20 heavy (non-hydrogen) atoms. The van der Waals surface area contributed by atoms with Crippen LogP contribution in [-0.4, -0.2) is 42.1 Å². The van der Waals surface area contributed by atoms with E-state index in [4.69, 9.17) is 0 Å².